The molecule has 0 aliphatic heterocycles. The zero-order valence-electron chi connectivity index (χ0n) is 11.5. The Morgan fingerprint density at radius 1 is 1.47 bits per heavy atom. The fraction of sp³-hybridized carbons (Fsp3) is 0.286. The molecule has 1 aromatic rings. The van der Waals surface area contributed by atoms with Crippen LogP contribution in [0.4, 0.5) is 4.39 Å². The van der Waals surface area contributed by atoms with Crippen molar-refractivity contribution in [2.45, 2.75) is 13.5 Å². The first kappa shape index (κ1) is 15.0. The quantitative estimate of drug-likeness (QED) is 0.609. The molecule has 1 aromatic heterocycles. The summed E-state index contributed by atoms with van der Waals surface area (Å²) >= 11 is 0. The summed E-state index contributed by atoms with van der Waals surface area (Å²) in [6.45, 7) is 6.26. The Morgan fingerprint density at radius 2 is 2.21 bits per heavy atom. The van der Waals surface area contributed by atoms with Gasteiger partial charge in [0.2, 0.25) is 0 Å². The number of pyridine rings is 1. The van der Waals surface area contributed by atoms with Crippen LogP contribution in [-0.2, 0) is 6.54 Å². The van der Waals surface area contributed by atoms with Gasteiger partial charge >= 0.3 is 0 Å². The lowest BCUT2D eigenvalue weighted by Gasteiger charge is -2.05. The van der Waals surface area contributed by atoms with Crippen molar-refractivity contribution in [1.82, 2.24) is 15.6 Å². The van der Waals surface area contributed by atoms with Gasteiger partial charge in [-0.1, -0.05) is 12.7 Å². The van der Waals surface area contributed by atoms with Crippen molar-refractivity contribution in [3.63, 3.8) is 0 Å². The van der Waals surface area contributed by atoms with Crippen LogP contribution in [0.25, 0.3) is 0 Å². The van der Waals surface area contributed by atoms with Crippen LogP contribution in [0, 0.1) is 5.82 Å². The van der Waals surface area contributed by atoms with Gasteiger partial charge in [0, 0.05) is 13.6 Å². The van der Waals surface area contributed by atoms with Gasteiger partial charge in [0.25, 0.3) is 0 Å². The smallest absolute Gasteiger partial charge is 0.150 e. The zero-order valence-corrected chi connectivity index (χ0v) is 11.5. The summed E-state index contributed by atoms with van der Waals surface area (Å²) in [6.07, 6.45) is 3.23. The number of hydrogen-bond acceptors (Lipinski definition) is 4. The van der Waals surface area contributed by atoms with Gasteiger partial charge in [-0.25, -0.2) is 9.37 Å². The summed E-state index contributed by atoms with van der Waals surface area (Å²) in [5, 5.41) is 5.92. The van der Waals surface area contributed by atoms with Gasteiger partial charge in [-0.05, 0) is 26.1 Å². The summed E-state index contributed by atoms with van der Waals surface area (Å²) in [6, 6.07) is 3.03. The predicted octanol–water partition coefficient (Wildman–Crippen LogP) is 2.00. The number of aliphatic imine (C=N–C) groups is 1. The molecule has 0 atom stereocenters. The third-order valence-electron chi connectivity index (χ3n) is 2.50. The van der Waals surface area contributed by atoms with Gasteiger partial charge in [-0.3, -0.25) is 4.99 Å². The molecule has 0 unspecified atom stereocenters. The van der Waals surface area contributed by atoms with Crippen molar-refractivity contribution >= 4 is 6.21 Å². The molecule has 0 aliphatic rings. The summed E-state index contributed by atoms with van der Waals surface area (Å²) in [4.78, 5) is 8.30. The van der Waals surface area contributed by atoms with Crippen LogP contribution in [0.1, 0.15) is 18.3 Å². The van der Waals surface area contributed by atoms with E-state index in [1.807, 2.05) is 20.0 Å². The number of aromatic nitrogens is 1. The number of rotatable bonds is 6. The third-order valence-corrected chi connectivity index (χ3v) is 2.50. The lowest BCUT2D eigenvalue weighted by atomic mass is 10.3. The molecule has 19 heavy (non-hydrogen) atoms. The van der Waals surface area contributed by atoms with Crippen LogP contribution in [0.5, 0.6) is 0 Å². The average Bonchev–Trinajstić information content (AvgIpc) is 2.41. The number of nitrogens with one attached hydrogen (secondary N) is 2. The van der Waals surface area contributed by atoms with Crippen molar-refractivity contribution in [3.8, 4) is 0 Å². The SMILES string of the molecule is C=C(/N=C/c1nc(CNC)ccc1F)/C(=C/C)NC. The Kier molecular flexibility index (Phi) is 5.89. The van der Waals surface area contributed by atoms with E-state index in [1.165, 1.54) is 12.3 Å². The molecule has 0 saturated carbocycles. The average molecular weight is 262 g/mol. The lowest BCUT2D eigenvalue weighted by molar-refractivity contribution is 0.615. The van der Waals surface area contributed by atoms with Crippen molar-refractivity contribution in [2.75, 3.05) is 14.1 Å². The van der Waals surface area contributed by atoms with Crippen LogP contribution in [0.3, 0.4) is 0 Å². The molecule has 0 aromatic carbocycles. The summed E-state index contributed by atoms with van der Waals surface area (Å²) < 4.78 is 13.6. The maximum absolute atomic E-state index is 13.6. The molecule has 1 rings (SSSR count). The molecule has 2 N–H and O–H groups in total. The predicted molar refractivity (Wildman–Crippen MR) is 76.5 cm³/mol. The first-order valence-corrected chi connectivity index (χ1v) is 5.99. The van der Waals surface area contributed by atoms with E-state index in [4.69, 9.17) is 0 Å². The van der Waals surface area contributed by atoms with Crippen molar-refractivity contribution in [2.24, 2.45) is 4.99 Å². The van der Waals surface area contributed by atoms with E-state index in [9.17, 15) is 4.39 Å². The monoisotopic (exact) mass is 262 g/mol. The summed E-state index contributed by atoms with van der Waals surface area (Å²) in [5.41, 5.74) is 2.30. The Hall–Kier alpha value is -2.01. The number of nitrogens with zero attached hydrogens (tertiary/aromatic N) is 2. The maximum atomic E-state index is 13.6. The van der Waals surface area contributed by atoms with Gasteiger partial charge in [0.1, 0.15) is 11.5 Å². The highest BCUT2D eigenvalue weighted by molar-refractivity contribution is 5.78. The molecule has 0 bridgehead atoms. The van der Waals surface area contributed by atoms with Gasteiger partial charge in [0.05, 0.1) is 23.3 Å². The molecule has 0 radical (unpaired) electrons. The molecule has 4 nitrogen and oxygen atoms in total. The third kappa shape index (κ3) is 4.30. The highest BCUT2D eigenvalue weighted by Crippen LogP contribution is 2.08. The summed E-state index contributed by atoms with van der Waals surface area (Å²) in [5.74, 6) is -0.400. The first-order valence-electron chi connectivity index (χ1n) is 5.99. The minimum Gasteiger partial charge on any atom is -0.387 e. The number of halogens is 1. The molecular formula is C14H19FN4. The van der Waals surface area contributed by atoms with Crippen LogP contribution in [0.15, 0.2) is 41.2 Å². The lowest BCUT2D eigenvalue weighted by Crippen LogP contribution is -2.09. The minimum absolute atomic E-state index is 0.209. The number of likely N-dealkylation sites (N-methyl/N-ethyl adjacent to an activating group) is 1. The second-order valence-corrected chi connectivity index (χ2v) is 3.86. The van der Waals surface area contributed by atoms with Crippen LogP contribution < -0.4 is 10.6 Å². The van der Waals surface area contributed by atoms with Crippen molar-refractivity contribution < 1.29 is 4.39 Å². The molecule has 0 saturated heterocycles. The molecule has 0 fully saturated rings. The van der Waals surface area contributed by atoms with Gasteiger partial charge in [-0.15, -0.1) is 0 Å². The Morgan fingerprint density at radius 3 is 2.79 bits per heavy atom. The fourth-order valence-electron chi connectivity index (χ4n) is 1.53. The van der Waals surface area contributed by atoms with E-state index in [2.05, 4.69) is 27.2 Å². The Bertz CT molecular complexity index is 506. The van der Waals surface area contributed by atoms with Gasteiger partial charge < -0.3 is 10.6 Å². The van der Waals surface area contributed by atoms with Crippen LogP contribution >= 0.6 is 0 Å². The van der Waals surface area contributed by atoms with E-state index in [0.29, 0.717) is 12.2 Å². The highest BCUT2D eigenvalue weighted by atomic mass is 19.1. The summed E-state index contributed by atoms with van der Waals surface area (Å²) in [7, 11) is 3.59. The van der Waals surface area contributed by atoms with Crippen LogP contribution in [0.2, 0.25) is 0 Å². The second kappa shape index (κ2) is 7.43. The number of allylic oxidation sites excluding steroid dienone is 1. The van der Waals surface area contributed by atoms with E-state index in [1.54, 1.807) is 13.1 Å². The second-order valence-electron chi connectivity index (χ2n) is 3.86. The molecule has 0 aliphatic carbocycles. The van der Waals surface area contributed by atoms with Crippen molar-refractivity contribution in [3.05, 3.63) is 53.4 Å². The first-order chi connectivity index (χ1) is 9.12. The Labute approximate surface area is 113 Å². The molecule has 102 valence electrons. The van der Waals surface area contributed by atoms with E-state index in [0.717, 1.165) is 11.4 Å². The fourth-order valence-corrected chi connectivity index (χ4v) is 1.53. The van der Waals surface area contributed by atoms with Gasteiger partial charge in [0.15, 0.2) is 0 Å². The Balaban J connectivity index is 2.92. The van der Waals surface area contributed by atoms with Crippen molar-refractivity contribution in [1.29, 1.82) is 0 Å². The molecule has 1 heterocycles. The van der Waals surface area contributed by atoms with E-state index in [-0.39, 0.29) is 5.69 Å². The van der Waals surface area contributed by atoms with Gasteiger partial charge in [-0.2, -0.15) is 0 Å². The standard InChI is InChI=1S/C14H19FN4/c1-5-13(17-4)10(2)18-9-14-12(15)7-6-11(19-14)8-16-3/h5-7,9,16-17H,2,8H2,1,3-4H3/b13-5-,18-9+. The molecule has 0 amide bonds. The minimum atomic E-state index is -0.400. The normalized spacial score (nSPS) is 11.9. The zero-order chi connectivity index (χ0) is 14.3. The van der Waals surface area contributed by atoms with E-state index >= 15 is 0 Å². The molecular weight excluding hydrogens is 243 g/mol. The maximum Gasteiger partial charge on any atom is 0.150 e. The topological polar surface area (TPSA) is 49.3 Å². The van der Waals surface area contributed by atoms with E-state index < -0.39 is 5.82 Å². The van der Waals surface area contributed by atoms with Crippen LogP contribution in [-0.4, -0.2) is 25.3 Å². The number of hydrogen-bond donors (Lipinski definition) is 2. The highest BCUT2D eigenvalue weighted by Gasteiger charge is 2.03. The largest absolute Gasteiger partial charge is 0.387 e. The molecule has 0 spiro atoms. The molecule has 5 heteroatoms.